The van der Waals surface area contributed by atoms with Crippen LogP contribution in [0.15, 0.2) is 0 Å². The standard InChI is InChI=1S/C11H21NO3/c1-2-10(13)8-12-5-3-4-11(9-12)14-6-7-15-11/h10,13H,2-9H2,1H3. The van der Waals surface area contributed by atoms with Crippen molar-refractivity contribution in [3.63, 3.8) is 0 Å². The smallest absolute Gasteiger partial charge is 0.181 e. The molecule has 4 heteroatoms. The van der Waals surface area contributed by atoms with Gasteiger partial charge in [-0.25, -0.2) is 0 Å². The van der Waals surface area contributed by atoms with Crippen LogP contribution in [0.25, 0.3) is 0 Å². The Balaban J connectivity index is 1.86. The van der Waals surface area contributed by atoms with E-state index in [9.17, 15) is 5.11 Å². The zero-order valence-corrected chi connectivity index (χ0v) is 9.45. The van der Waals surface area contributed by atoms with E-state index in [4.69, 9.17) is 9.47 Å². The molecule has 2 aliphatic rings. The summed E-state index contributed by atoms with van der Waals surface area (Å²) < 4.78 is 11.4. The number of likely N-dealkylation sites (tertiary alicyclic amines) is 1. The van der Waals surface area contributed by atoms with E-state index in [1.54, 1.807) is 0 Å². The van der Waals surface area contributed by atoms with Gasteiger partial charge < -0.3 is 14.6 Å². The first-order valence-electron chi connectivity index (χ1n) is 5.92. The molecule has 2 heterocycles. The highest BCUT2D eigenvalue weighted by Gasteiger charge is 2.40. The van der Waals surface area contributed by atoms with Crippen molar-refractivity contribution in [2.24, 2.45) is 0 Å². The molecule has 1 N–H and O–H groups in total. The fourth-order valence-corrected chi connectivity index (χ4v) is 2.39. The van der Waals surface area contributed by atoms with Gasteiger partial charge in [0.05, 0.1) is 25.9 Å². The molecular formula is C11H21NO3. The van der Waals surface area contributed by atoms with Crippen LogP contribution in [0.2, 0.25) is 0 Å². The van der Waals surface area contributed by atoms with E-state index < -0.39 is 0 Å². The fourth-order valence-electron chi connectivity index (χ4n) is 2.39. The maximum absolute atomic E-state index is 9.62. The van der Waals surface area contributed by atoms with Gasteiger partial charge in [0.15, 0.2) is 5.79 Å². The van der Waals surface area contributed by atoms with Gasteiger partial charge >= 0.3 is 0 Å². The molecule has 0 amide bonds. The van der Waals surface area contributed by atoms with E-state index in [0.717, 1.165) is 38.9 Å². The number of rotatable bonds is 3. The summed E-state index contributed by atoms with van der Waals surface area (Å²) in [4.78, 5) is 2.25. The quantitative estimate of drug-likeness (QED) is 0.748. The van der Waals surface area contributed by atoms with Crippen LogP contribution in [0.1, 0.15) is 26.2 Å². The molecule has 88 valence electrons. The summed E-state index contributed by atoms with van der Waals surface area (Å²) >= 11 is 0. The molecule has 4 nitrogen and oxygen atoms in total. The first-order chi connectivity index (χ1) is 7.24. The van der Waals surface area contributed by atoms with Crippen LogP contribution in [-0.4, -0.2) is 54.7 Å². The van der Waals surface area contributed by atoms with Crippen molar-refractivity contribution in [3.05, 3.63) is 0 Å². The van der Waals surface area contributed by atoms with Gasteiger partial charge in [-0.05, 0) is 19.4 Å². The largest absolute Gasteiger partial charge is 0.392 e. The predicted octanol–water partition coefficient (Wildman–Crippen LogP) is 0.596. The minimum Gasteiger partial charge on any atom is -0.392 e. The molecule has 0 bridgehead atoms. The van der Waals surface area contributed by atoms with Crippen molar-refractivity contribution in [2.45, 2.75) is 38.1 Å². The van der Waals surface area contributed by atoms with Gasteiger partial charge in [0.25, 0.3) is 0 Å². The number of hydrogen-bond donors (Lipinski definition) is 1. The number of β-amino-alcohol motifs (C(OH)–C–C–N with tert-alkyl or cyclic N) is 1. The minimum absolute atomic E-state index is 0.221. The normalized spacial score (nSPS) is 28.4. The zero-order valence-electron chi connectivity index (χ0n) is 9.45. The molecule has 15 heavy (non-hydrogen) atoms. The van der Waals surface area contributed by atoms with Gasteiger partial charge in [0.2, 0.25) is 0 Å². The molecule has 0 saturated carbocycles. The van der Waals surface area contributed by atoms with Crippen LogP contribution in [-0.2, 0) is 9.47 Å². The molecule has 2 aliphatic heterocycles. The van der Waals surface area contributed by atoms with Gasteiger partial charge in [-0.15, -0.1) is 0 Å². The lowest BCUT2D eigenvalue weighted by Crippen LogP contribution is -2.50. The Hall–Kier alpha value is -0.160. The Bertz CT molecular complexity index is 204. The van der Waals surface area contributed by atoms with Gasteiger partial charge in [0, 0.05) is 13.0 Å². The Morgan fingerprint density at radius 2 is 2.13 bits per heavy atom. The van der Waals surface area contributed by atoms with Gasteiger partial charge in [0.1, 0.15) is 0 Å². The molecule has 1 atom stereocenters. The van der Waals surface area contributed by atoms with E-state index >= 15 is 0 Å². The van der Waals surface area contributed by atoms with Crippen LogP contribution < -0.4 is 0 Å². The van der Waals surface area contributed by atoms with Crippen molar-refractivity contribution in [2.75, 3.05) is 32.8 Å². The number of nitrogens with zero attached hydrogens (tertiary/aromatic N) is 1. The Kier molecular flexibility index (Phi) is 3.61. The molecule has 1 spiro atoms. The second-order valence-electron chi connectivity index (χ2n) is 4.51. The average Bonchev–Trinajstić information content (AvgIpc) is 2.66. The maximum Gasteiger partial charge on any atom is 0.181 e. The predicted molar refractivity (Wildman–Crippen MR) is 56.6 cm³/mol. The zero-order chi connectivity index (χ0) is 10.7. The third-order valence-electron chi connectivity index (χ3n) is 3.25. The molecule has 0 radical (unpaired) electrons. The van der Waals surface area contributed by atoms with E-state index in [-0.39, 0.29) is 11.9 Å². The van der Waals surface area contributed by atoms with Gasteiger partial charge in [-0.2, -0.15) is 0 Å². The summed E-state index contributed by atoms with van der Waals surface area (Å²) in [5.74, 6) is -0.355. The van der Waals surface area contributed by atoms with Gasteiger partial charge in [-0.3, -0.25) is 4.90 Å². The highest BCUT2D eigenvalue weighted by Crippen LogP contribution is 2.29. The molecule has 0 aromatic rings. The Morgan fingerprint density at radius 3 is 2.80 bits per heavy atom. The third-order valence-corrected chi connectivity index (χ3v) is 3.25. The first-order valence-corrected chi connectivity index (χ1v) is 5.92. The summed E-state index contributed by atoms with van der Waals surface area (Å²) in [5.41, 5.74) is 0. The summed E-state index contributed by atoms with van der Waals surface area (Å²) in [7, 11) is 0. The molecular weight excluding hydrogens is 194 g/mol. The molecule has 2 rings (SSSR count). The van der Waals surface area contributed by atoms with Crippen molar-refractivity contribution < 1.29 is 14.6 Å². The lowest BCUT2D eigenvalue weighted by atomic mass is 10.0. The second kappa shape index (κ2) is 4.78. The molecule has 2 fully saturated rings. The van der Waals surface area contributed by atoms with Gasteiger partial charge in [-0.1, -0.05) is 6.92 Å². The second-order valence-corrected chi connectivity index (χ2v) is 4.51. The molecule has 0 aliphatic carbocycles. The maximum atomic E-state index is 9.62. The van der Waals surface area contributed by atoms with Crippen molar-refractivity contribution in [1.82, 2.24) is 4.90 Å². The van der Waals surface area contributed by atoms with Crippen LogP contribution in [0.5, 0.6) is 0 Å². The molecule has 0 aromatic heterocycles. The van der Waals surface area contributed by atoms with Crippen molar-refractivity contribution >= 4 is 0 Å². The van der Waals surface area contributed by atoms with Crippen LogP contribution in [0, 0.1) is 0 Å². The highest BCUT2D eigenvalue weighted by atomic mass is 16.7. The molecule has 1 unspecified atom stereocenters. The Morgan fingerprint density at radius 1 is 1.40 bits per heavy atom. The number of hydrogen-bond acceptors (Lipinski definition) is 4. The minimum atomic E-state index is -0.355. The first kappa shape index (κ1) is 11.3. The fraction of sp³-hybridized carbons (Fsp3) is 1.00. The number of ether oxygens (including phenoxy) is 2. The molecule has 0 aromatic carbocycles. The lowest BCUT2D eigenvalue weighted by molar-refractivity contribution is -0.191. The SMILES string of the molecule is CCC(O)CN1CCCC2(C1)OCCO2. The van der Waals surface area contributed by atoms with Crippen LogP contribution in [0.4, 0.5) is 0 Å². The van der Waals surface area contributed by atoms with Crippen molar-refractivity contribution in [3.8, 4) is 0 Å². The third kappa shape index (κ3) is 2.69. The topological polar surface area (TPSA) is 41.9 Å². The van der Waals surface area contributed by atoms with E-state index in [1.165, 1.54) is 0 Å². The summed E-state index contributed by atoms with van der Waals surface area (Å²) in [6, 6.07) is 0. The summed E-state index contributed by atoms with van der Waals surface area (Å²) in [6.07, 6.45) is 2.68. The monoisotopic (exact) mass is 215 g/mol. The van der Waals surface area contributed by atoms with Crippen molar-refractivity contribution in [1.29, 1.82) is 0 Å². The Labute approximate surface area is 91.2 Å². The molecule has 2 saturated heterocycles. The van der Waals surface area contributed by atoms with E-state index in [2.05, 4.69) is 4.90 Å². The van der Waals surface area contributed by atoms with Crippen LogP contribution in [0.3, 0.4) is 0 Å². The van der Waals surface area contributed by atoms with E-state index in [0.29, 0.717) is 13.2 Å². The number of aliphatic hydroxyl groups is 1. The summed E-state index contributed by atoms with van der Waals surface area (Å²) in [5, 5.41) is 9.62. The number of piperidine rings is 1. The number of aliphatic hydroxyl groups excluding tert-OH is 1. The van der Waals surface area contributed by atoms with Crippen LogP contribution >= 0.6 is 0 Å². The summed E-state index contributed by atoms with van der Waals surface area (Å²) in [6.45, 7) is 6.03. The average molecular weight is 215 g/mol. The highest BCUT2D eigenvalue weighted by molar-refractivity contribution is 4.84. The lowest BCUT2D eigenvalue weighted by Gasteiger charge is -2.39. The van der Waals surface area contributed by atoms with E-state index in [1.807, 2.05) is 6.92 Å².